The van der Waals surface area contributed by atoms with E-state index >= 15 is 0 Å². The first-order valence-electron chi connectivity index (χ1n) is 6.13. The zero-order valence-corrected chi connectivity index (χ0v) is 11.1. The summed E-state index contributed by atoms with van der Waals surface area (Å²) in [4.78, 5) is 3.86. The van der Waals surface area contributed by atoms with Crippen molar-refractivity contribution in [1.82, 2.24) is 14.6 Å². The van der Waals surface area contributed by atoms with Gasteiger partial charge in [-0.25, -0.2) is 18.3 Å². The van der Waals surface area contributed by atoms with Crippen LogP contribution in [0.15, 0.2) is 30.5 Å². The van der Waals surface area contributed by atoms with Crippen molar-refractivity contribution in [3.8, 4) is 17.3 Å². The van der Waals surface area contributed by atoms with Gasteiger partial charge in [-0.2, -0.15) is 23.5 Å². The summed E-state index contributed by atoms with van der Waals surface area (Å²) in [6.45, 7) is 0. The fourth-order valence-electron chi connectivity index (χ4n) is 2.08. The molecule has 2 heterocycles. The first-order valence-corrected chi connectivity index (χ1v) is 6.13. The molecule has 0 unspecified atom stereocenters. The van der Waals surface area contributed by atoms with E-state index < -0.39 is 23.5 Å². The van der Waals surface area contributed by atoms with Crippen molar-refractivity contribution in [3.63, 3.8) is 0 Å². The summed E-state index contributed by atoms with van der Waals surface area (Å²) in [5.41, 5.74) is -2.47. The molecule has 0 bridgehead atoms. The van der Waals surface area contributed by atoms with Gasteiger partial charge in [0, 0.05) is 11.6 Å². The predicted molar refractivity (Wildman–Crippen MR) is 68.1 cm³/mol. The molecule has 0 fully saturated rings. The average molecular weight is 324 g/mol. The molecule has 9 heteroatoms. The average Bonchev–Trinajstić information content (AvgIpc) is 2.88. The third kappa shape index (κ3) is 2.48. The molecule has 0 aliphatic heterocycles. The van der Waals surface area contributed by atoms with Crippen LogP contribution in [-0.2, 0) is 6.18 Å². The lowest BCUT2D eigenvalue weighted by atomic mass is 10.1. The van der Waals surface area contributed by atoms with Crippen molar-refractivity contribution in [3.05, 3.63) is 53.4 Å². The molecule has 1 aromatic carbocycles. The quantitative estimate of drug-likeness (QED) is 0.643. The van der Waals surface area contributed by atoms with Crippen LogP contribution in [0.5, 0.6) is 0 Å². The molecule has 3 aromatic rings. The van der Waals surface area contributed by atoms with Crippen molar-refractivity contribution in [2.75, 3.05) is 0 Å². The summed E-state index contributed by atoms with van der Waals surface area (Å²) in [6.07, 6.45) is -3.87. The molecule has 4 nitrogen and oxygen atoms in total. The second kappa shape index (κ2) is 5.01. The van der Waals surface area contributed by atoms with E-state index in [0.29, 0.717) is 16.6 Å². The number of halogens is 5. The number of nitriles is 1. The number of benzene rings is 1. The van der Waals surface area contributed by atoms with Gasteiger partial charge in [-0.15, -0.1) is 0 Å². The highest BCUT2D eigenvalue weighted by Crippen LogP contribution is 2.33. The van der Waals surface area contributed by atoms with Crippen LogP contribution in [0.1, 0.15) is 11.3 Å². The van der Waals surface area contributed by atoms with E-state index in [1.807, 2.05) is 0 Å². The minimum atomic E-state index is -4.80. The molecule has 116 valence electrons. The largest absolute Gasteiger partial charge is 0.433 e. The number of nitrogens with zero attached hydrogens (tertiary/aromatic N) is 4. The lowest BCUT2D eigenvalue weighted by molar-refractivity contribution is -0.142. The van der Waals surface area contributed by atoms with Gasteiger partial charge < -0.3 is 0 Å². The van der Waals surface area contributed by atoms with E-state index in [0.717, 1.165) is 18.3 Å². The van der Waals surface area contributed by atoms with Crippen LogP contribution in [0.4, 0.5) is 22.0 Å². The van der Waals surface area contributed by atoms with Crippen LogP contribution < -0.4 is 0 Å². The first-order chi connectivity index (χ1) is 10.8. The summed E-state index contributed by atoms with van der Waals surface area (Å²) in [6, 6.07) is 4.68. The van der Waals surface area contributed by atoms with Crippen molar-refractivity contribution in [2.45, 2.75) is 6.18 Å². The fourth-order valence-corrected chi connectivity index (χ4v) is 2.08. The van der Waals surface area contributed by atoms with Crippen LogP contribution in [0.2, 0.25) is 0 Å². The standard InChI is InChI=1S/C14H5F5N4/c15-8-1-2-9(10(16)3-8)11-4-12(14(17,18)19)23-13(22-11)7(5-20)6-21-23/h1-4,6H. The van der Waals surface area contributed by atoms with Crippen molar-refractivity contribution in [2.24, 2.45) is 0 Å². The van der Waals surface area contributed by atoms with Crippen LogP contribution in [0.25, 0.3) is 16.9 Å². The molecule has 0 N–H and O–H groups in total. The van der Waals surface area contributed by atoms with Gasteiger partial charge in [-0.3, -0.25) is 0 Å². The molecule has 0 aliphatic carbocycles. The van der Waals surface area contributed by atoms with E-state index in [-0.39, 0.29) is 22.5 Å². The molecular formula is C14H5F5N4. The zero-order chi connectivity index (χ0) is 16.8. The molecule has 2 aromatic heterocycles. The minimum absolute atomic E-state index is 0.195. The van der Waals surface area contributed by atoms with Gasteiger partial charge in [0.15, 0.2) is 11.3 Å². The maximum absolute atomic E-state index is 13.8. The number of alkyl halides is 3. The normalized spacial score (nSPS) is 11.7. The number of rotatable bonds is 1. The van der Waals surface area contributed by atoms with Gasteiger partial charge in [-0.05, 0) is 18.2 Å². The number of fused-ring (bicyclic) bond motifs is 1. The van der Waals surface area contributed by atoms with Crippen molar-refractivity contribution >= 4 is 5.65 Å². The second-order valence-corrected chi connectivity index (χ2v) is 4.55. The summed E-state index contributed by atoms with van der Waals surface area (Å²) in [5, 5.41) is 12.4. The van der Waals surface area contributed by atoms with Gasteiger partial charge in [0.05, 0.1) is 11.9 Å². The summed E-state index contributed by atoms with van der Waals surface area (Å²) in [5.74, 6) is -1.93. The van der Waals surface area contributed by atoms with Crippen molar-refractivity contribution < 1.29 is 22.0 Å². The number of hydrogen-bond donors (Lipinski definition) is 0. The fraction of sp³-hybridized carbons (Fsp3) is 0.0714. The van der Waals surface area contributed by atoms with E-state index in [9.17, 15) is 22.0 Å². The topological polar surface area (TPSA) is 54.0 Å². The highest BCUT2D eigenvalue weighted by molar-refractivity contribution is 5.66. The molecule has 0 saturated carbocycles. The predicted octanol–water partition coefficient (Wildman–Crippen LogP) is 3.56. The van der Waals surface area contributed by atoms with Crippen LogP contribution in [-0.4, -0.2) is 14.6 Å². The molecule has 3 rings (SSSR count). The van der Waals surface area contributed by atoms with E-state index in [1.54, 1.807) is 6.07 Å². The SMILES string of the molecule is N#Cc1cnn2c(C(F)(F)F)cc(-c3ccc(F)cc3F)nc12. The van der Waals surface area contributed by atoms with Crippen LogP contribution in [0.3, 0.4) is 0 Å². The molecule has 0 aliphatic rings. The lowest BCUT2D eigenvalue weighted by Gasteiger charge is -2.11. The Kier molecular flexibility index (Phi) is 3.25. The van der Waals surface area contributed by atoms with E-state index in [4.69, 9.17) is 5.26 Å². The highest BCUT2D eigenvalue weighted by atomic mass is 19.4. The van der Waals surface area contributed by atoms with E-state index in [1.165, 1.54) is 0 Å². The summed E-state index contributed by atoms with van der Waals surface area (Å²) in [7, 11) is 0. The molecule has 0 atom stereocenters. The molecule has 0 saturated heterocycles. The monoisotopic (exact) mass is 324 g/mol. The third-order valence-electron chi connectivity index (χ3n) is 3.09. The van der Waals surface area contributed by atoms with Gasteiger partial charge >= 0.3 is 6.18 Å². The maximum atomic E-state index is 13.8. The Labute approximate surface area is 125 Å². The number of hydrogen-bond acceptors (Lipinski definition) is 3. The van der Waals surface area contributed by atoms with Crippen LogP contribution in [0, 0.1) is 23.0 Å². The minimum Gasteiger partial charge on any atom is -0.227 e. The van der Waals surface area contributed by atoms with Gasteiger partial charge in [0.2, 0.25) is 0 Å². The molecule has 0 radical (unpaired) electrons. The van der Waals surface area contributed by atoms with Gasteiger partial charge in [-0.1, -0.05) is 0 Å². The summed E-state index contributed by atoms with van der Waals surface area (Å²) >= 11 is 0. The Morgan fingerprint density at radius 3 is 2.48 bits per heavy atom. The van der Waals surface area contributed by atoms with Crippen LogP contribution >= 0.6 is 0 Å². The smallest absolute Gasteiger partial charge is 0.227 e. The second-order valence-electron chi connectivity index (χ2n) is 4.55. The Morgan fingerprint density at radius 2 is 1.87 bits per heavy atom. The first kappa shape index (κ1) is 14.9. The molecular weight excluding hydrogens is 319 g/mol. The Bertz CT molecular complexity index is 952. The molecule has 0 spiro atoms. The van der Waals surface area contributed by atoms with Crippen molar-refractivity contribution in [1.29, 1.82) is 5.26 Å². The molecule has 23 heavy (non-hydrogen) atoms. The third-order valence-corrected chi connectivity index (χ3v) is 3.09. The Balaban J connectivity index is 2.36. The van der Waals surface area contributed by atoms with E-state index in [2.05, 4.69) is 10.1 Å². The highest BCUT2D eigenvalue weighted by Gasteiger charge is 2.35. The maximum Gasteiger partial charge on any atom is 0.433 e. The van der Waals surface area contributed by atoms with Gasteiger partial charge in [0.1, 0.15) is 23.3 Å². The summed E-state index contributed by atoms with van der Waals surface area (Å²) < 4.78 is 66.7. The lowest BCUT2D eigenvalue weighted by Crippen LogP contribution is -2.14. The van der Waals surface area contributed by atoms with Gasteiger partial charge in [0.25, 0.3) is 0 Å². The number of aromatic nitrogens is 3. The Morgan fingerprint density at radius 1 is 1.13 bits per heavy atom. The molecule has 0 amide bonds. The Hall–Kier alpha value is -3.02. The zero-order valence-electron chi connectivity index (χ0n) is 11.1.